The van der Waals surface area contributed by atoms with Crippen molar-refractivity contribution in [1.29, 1.82) is 0 Å². The summed E-state index contributed by atoms with van der Waals surface area (Å²) in [6, 6.07) is 24.1. The van der Waals surface area contributed by atoms with Crippen LogP contribution in [0.1, 0.15) is 37.9 Å². The lowest BCUT2D eigenvalue weighted by atomic mass is 9.84. The molecule has 0 unspecified atom stereocenters. The Kier molecular flexibility index (Phi) is 5.26. The van der Waals surface area contributed by atoms with Crippen LogP contribution in [-0.4, -0.2) is 17.9 Å². The van der Waals surface area contributed by atoms with Gasteiger partial charge in [0.15, 0.2) is 6.10 Å². The van der Waals surface area contributed by atoms with Crippen LogP contribution in [0.25, 0.3) is 0 Å². The molecule has 5 nitrogen and oxygen atoms in total. The van der Waals surface area contributed by atoms with Crippen LogP contribution in [0.4, 0.5) is 11.4 Å². The van der Waals surface area contributed by atoms with E-state index in [1.165, 1.54) is 10.5 Å². The lowest BCUT2D eigenvalue weighted by molar-refractivity contribution is -0.126. The number of hydroxylamine groups is 1. The van der Waals surface area contributed by atoms with Gasteiger partial charge in [0.1, 0.15) is 5.92 Å². The molecule has 33 heavy (non-hydrogen) atoms. The Hall–Kier alpha value is -3.15. The van der Waals surface area contributed by atoms with Crippen LogP contribution >= 0.6 is 11.6 Å². The van der Waals surface area contributed by atoms with Gasteiger partial charge in [-0.05, 0) is 52.9 Å². The van der Waals surface area contributed by atoms with Crippen molar-refractivity contribution in [3.05, 3.63) is 95.0 Å². The summed E-state index contributed by atoms with van der Waals surface area (Å²) in [5.74, 6) is -1.29. The average Bonchev–Trinajstić information content (AvgIpc) is 3.31. The molecule has 0 spiro atoms. The van der Waals surface area contributed by atoms with E-state index >= 15 is 0 Å². The third-order valence-electron chi connectivity index (χ3n) is 6.33. The van der Waals surface area contributed by atoms with Crippen LogP contribution < -0.4 is 9.96 Å². The molecule has 2 saturated heterocycles. The maximum atomic E-state index is 13.6. The molecule has 0 saturated carbocycles. The third kappa shape index (κ3) is 3.71. The van der Waals surface area contributed by atoms with Crippen LogP contribution in [0, 0.1) is 5.92 Å². The van der Waals surface area contributed by atoms with E-state index in [0.29, 0.717) is 10.7 Å². The second-order valence-corrected chi connectivity index (χ2v) is 9.95. The van der Waals surface area contributed by atoms with Crippen LogP contribution in [0.3, 0.4) is 0 Å². The molecule has 2 amide bonds. The van der Waals surface area contributed by atoms with E-state index in [2.05, 4.69) is 32.9 Å². The van der Waals surface area contributed by atoms with Crippen LogP contribution in [-0.2, 0) is 19.8 Å². The number of carbonyl (C=O) groups excluding carboxylic acids is 2. The Labute approximate surface area is 198 Å². The molecule has 0 N–H and O–H groups in total. The second kappa shape index (κ2) is 8.01. The summed E-state index contributed by atoms with van der Waals surface area (Å²) >= 11 is 6.00. The molecule has 168 valence electrons. The molecule has 3 aromatic rings. The SMILES string of the molecule is CC(C)(C)c1ccc([C@H]2[C@@H]3C(=O)N(c4ccc(Cl)cc4)C(=O)[C@H]3ON2c2ccccc2)cc1. The first-order valence-corrected chi connectivity index (χ1v) is 11.4. The van der Waals surface area contributed by atoms with E-state index in [1.807, 2.05) is 42.5 Å². The first-order valence-electron chi connectivity index (χ1n) is 11.0. The quantitative estimate of drug-likeness (QED) is 0.471. The fourth-order valence-corrected chi connectivity index (χ4v) is 4.70. The normalized spacial score (nSPS) is 22.7. The molecule has 3 atom stereocenters. The van der Waals surface area contributed by atoms with Gasteiger partial charge < -0.3 is 0 Å². The molecule has 3 aromatic carbocycles. The summed E-state index contributed by atoms with van der Waals surface area (Å²) in [4.78, 5) is 34.4. The molecule has 2 aliphatic heterocycles. The molecular formula is C27H25ClN2O3. The summed E-state index contributed by atoms with van der Waals surface area (Å²) in [5.41, 5.74) is 3.44. The van der Waals surface area contributed by atoms with Crippen molar-refractivity contribution in [1.82, 2.24) is 0 Å². The van der Waals surface area contributed by atoms with Gasteiger partial charge in [0.2, 0.25) is 5.91 Å². The molecule has 2 fully saturated rings. The van der Waals surface area contributed by atoms with Crippen molar-refractivity contribution in [3.8, 4) is 0 Å². The first-order chi connectivity index (χ1) is 15.8. The van der Waals surface area contributed by atoms with Gasteiger partial charge in [0, 0.05) is 5.02 Å². The highest BCUT2D eigenvalue weighted by atomic mass is 35.5. The minimum atomic E-state index is -0.888. The number of para-hydroxylation sites is 1. The highest BCUT2D eigenvalue weighted by Gasteiger charge is 2.60. The van der Waals surface area contributed by atoms with Crippen molar-refractivity contribution in [2.75, 3.05) is 9.96 Å². The number of anilines is 2. The lowest BCUT2D eigenvalue weighted by Gasteiger charge is -2.29. The molecule has 2 heterocycles. The van der Waals surface area contributed by atoms with Gasteiger partial charge in [-0.1, -0.05) is 74.8 Å². The average molecular weight is 461 g/mol. The first kappa shape index (κ1) is 21.7. The highest BCUT2D eigenvalue weighted by Crippen LogP contribution is 2.47. The number of imide groups is 1. The molecule has 0 bridgehead atoms. The topological polar surface area (TPSA) is 49.9 Å². The lowest BCUT2D eigenvalue weighted by Crippen LogP contribution is -2.37. The Bertz CT molecular complexity index is 1190. The van der Waals surface area contributed by atoms with Crippen LogP contribution in [0.5, 0.6) is 0 Å². The van der Waals surface area contributed by atoms with Crippen molar-refractivity contribution >= 4 is 34.8 Å². The number of benzene rings is 3. The summed E-state index contributed by atoms with van der Waals surface area (Å²) in [6.07, 6.45) is -0.888. The van der Waals surface area contributed by atoms with Gasteiger partial charge in [-0.15, -0.1) is 0 Å². The summed E-state index contributed by atoms with van der Waals surface area (Å²) < 4.78 is 0. The minimum absolute atomic E-state index is 0.0108. The minimum Gasteiger partial charge on any atom is -0.273 e. The van der Waals surface area contributed by atoms with E-state index in [-0.39, 0.29) is 17.2 Å². The fourth-order valence-electron chi connectivity index (χ4n) is 4.58. The molecule has 0 aliphatic carbocycles. The number of amides is 2. The number of rotatable bonds is 3. The second-order valence-electron chi connectivity index (χ2n) is 9.52. The van der Waals surface area contributed by atoms with E-state index < -0.39 is 18.1 Å². The summed E-state index contributed by atoms with van der Waals surface area (Å²) in [7, 11) is 0. The Morgan fingerprint density at radius 2 is 1.42 bits per heavy atom. The van der Waals surface area contributed by atoms with Crippen LogP contribution in [0.2, 0.25) is 5.02 Å². The predicted molar refractivity (Wildman–Crippen MR) is 129 cm³/mol. The number of halogens is 1. The zero-order valence-corrected chi connectivity index (χ0v) is 19.5. The molecular weight excluding hydrogens is 436 g/mol. The summed E-state index contributed by atoms with van der Waals surface area (Å²) in [5, 5.41) is 2.26. The molecule has 5 rings (SSSR count). The highest BCUT2D eigenvalue weighted by molar-refractivity contribution is 6.31. The zero-order valence-electron chi connectivity index (χ0n) is 18.7. The number of nitrogens with zero attached hydrogens (tertiary/aromatic N) is 2. The van der Waals surface area contributed by atoms with E-state index in [4.69, 9.17) is 16.4 Å². The fraction of sp³-hybridized carbons (Fsp3) is 0.259. The van der Waals surface area contributed by atoms with E-state index in [1.54, 1.807) is 29.3 Å². The number of hydrogen-bond donors (Lipinski definition) is 0. The Balaban J connectivity index is 1.57. The van der Waals surface area contributed by atoms with Crippen molar-refractivity contribution < 1.29 is 14.4 Å². The van der Waals surface area contributed by atoms with Gasteiger partial charge in [-0.3, -0.25) is 14.4 Å². The van der Waals surface area contributed by atoms with Crippen LogP contribution in [0.15, 0.2) is 78.9 Å². The Morgan fingerprint density at radius 1 is 0.788 bits per heavy atom. The number of carbonyl (C=O) groups is 2. The van der Waals surface area contributed by atoms with Gasteiger partial charge in [0.05, 0.1) is 17.4 Å². The summed E-state index contributed by atoms with van der Waals surface area (Å²) in [6.45, 7) is 6.49. The maximum Gasteiger partial charge on any atom is 0.266 e. The number of fused-ring (bicyclic) bond motifs is 1. The van der Waals surface area contributed by atoms with Gasteiger partial charge in [0.25, 0.3) is 5.91 Å². The predicted octanol–water partition coefficient (Wildman–Crippen LogP) is 5.69. The largest absolute Gasteiger partial charge is 0.273 e. The standard InChI is InChI=1S/C27H25ClN2O3/c1-27(2,3)18-11-9-17(10-12-18)23-22-24(33-30(23)21-7-5-4-6-8-21)26(32)29(25(22)31)20-15-13-19(28)14-16-20/h4-16,22-24H,1-3H3/t22-,23-,24-/m0/s1. The van der Waals surface area contributed by atoms with Crippen molar-refractivity contribution in [2.24, 2.45) is 5.92 Å². The zero-order chi connectivity index (χ0) is 23.3. The van der Waals surface area contributed by atoms with Gasteiger partial charge in [-0.2, -0.15) is 0 Å². The van der Waals surface area contributed by atoms with E-state index in [0.717, 1.165) is 11.3 Å². The Morgan fingerprint density at radius 3 is 2.03 bits per heavy atom. The van der Waals surface area contributed by atoms with Gasteiger partial charge in [-0.25, -0.2) is 9.96 Å². The third-order valence-corrected chi connectivity index (χ3v) is 6.58. The van der Waals surface area contributed by atoms with Gasteiger partial charge >= 0.3 is 0 Å². The monoisotopic (exact) mass is 460 g/mol. The van der Waals surface area contributed by atoms with Crippen molar-refractivity contribution in [3.63, 3.8) is 0 Å². The maximum absolute atomic E-state index is 13.6. The smallest absolute Gasteiger partial charge is 0.266 e. The van der Waals surface area contributed by atoms with E-state index in [9.17, 15) is 9.59 Å². The van der Waals surface area contributed by atoms with Crippen molar-refractivity contribution in [2.45, 2.75) is 38.3 Å². The molecule has 2 aliphatic rings. The molecule has 0 radical (unpaired) electrons. The number of hydrogen-bond acceptors (Lipinski definition) is 4. The molecule has 0 aromatic heterocycles. The molecule has 6 heteroatoms.